The molecule has 0 radical (unpaired) electrons. The molecule has 0 atom stereocenters. The lowest BCUT2D eigenvalue weighted by molar-refractivity contribution is -0.137. The molecular weight excluding hydrogens is 284 g/mol. The summed E-state index contributed by atoms with van der Waals surface area (Å²) < 4.78 is 0. The van der Waals surface area contributed by atoms with Gasteiger partial charge in [0.1, 0.15) is 0 Å². The molecule has 0 aromatic rings. The van der Waals surface area contributed by atoms with Crippen molar-refractivity contribution in [2.24, 2.45) is 5.92 Å². The van der Waals surface area contributed by atoms with Crippen molar-refractivity contribution in [1.29, 1.82) is 0 Å². The van der Waals surface area contributed by atoms with Gasteiger partial charge >= 0.3 is 5.97 Å². The van der Waals surface area contributed by atoms with E-state index in [2.05, 4.69) is 0 Å². The lowest BCUT2D eigenvalue weighted by Crippen LogP contribution is -1.93. The first-order valence-corrected chi connectivity index (χ1v) is 9.01. The fourth-order valence-electron chi connectivity index (χ4n) is 3.42. The Hall–Kier alpha value is -0.240. The summed E-state index contributed by atoms with van der Waals surface area (Å²) in [6.07, 6.45) is 20.7. The van der Waals surface area contributed by atoms with Gasteiger partial charge in [-0.05, 0) is 12.3 Å². The highest BCUT2D eigenvalue weighted by atomic mass is 35.5. The minimum Gasteiger partial charge on any atom is -0.481 e. The van der Waals surface area contributed by atoms with Crippen molar-refractivity contribution < 1.29 is 9.90 Å². The first-order chi connectivity index (χ1) is 9.79. The van der Waals surface area contributed by atoms with Gasteiger partial charge in [-0.3, -0.25) is 4.79 Å². The molecule has 1 aliphatic rings. The number of carboxylic acids is 1. The molecule has 1 rings (SSSR count). The minimum absolute atomic E-state index is 0. The van der Waals surface area contributed by atoms with E-state index >= 15 is 0 Å². The summed E-state index contributed by atoms with van der Waals surface area (Å²) in [4.78, 5) is 10.3. The number of unbranched alkanes of at least 4 members (excludes halogenated alkanes) is 9. The van der Waals surface area contributed by atoms with E-state index in [1.165, 1.54) is 83.5 Å². The van der Waals surface area contributed by atoms with Crippen LogP contribution in [0.15, 0.2) is 0 Å². The van der Waals surface area contributed by atoms with Crippen molar-refractivity contribution in [3.8, 4) is 0 Å². The van der Waals surface area contributed by atoms with Crippen LogP contribution in [0.2, 0.25) is 0 Å². The topological polar surface area (TPSA) is 37.3 Å². The number of hydrogen-bond acceptors (Lipinski definition) is 1. The summed E-state index contributed by atoms with van der Waals surface area (Å²) in [5, 5.41) is 8.53. The highest BCUT2D eigenvalue weighted by Gasteiger charge is 2.13. The molecule has 21 heavy (non-hydrogen) atoms. The van der Waals surface area contributed by atoms with Crippen molar-refractivity contribution in [1.82, 2.24) is 0 Å². The van der Waals surface area contributed by atoms with Crippen LogP contribution < -0.4 is 0 Å². The van der Waals surface area contributed by atoms with Gasteiger partial charge in [-0.15, -0.1) is 12.4 Å². The Labute approximate surface area is 137 Å². The van der Waals surface area contributed by atoms with Crippen molar-refractivity contribution in [3.63, 3.8) is 0 Å². The molecule has 0 bridgehead atoms. The van der Waals surface area contributed by atoms with Gasteiger partial charge < -0.3 is 5.11 Å². The van der Waals surface area contributed by atoms with E-state index in [4.69, 9.17) is 5.11 Å². The maximum Gasteiger partial charge on any atom is 0.303 e. The summed E-state index contributed by atoms with van der Waals surface area (Å²) in [5.74, 6) is 0.420. The lowest BCUT2D eigenvalue weighted by Gasteiger charge is -2.07. The number of halogens is 1. The van der Waals surface area contributed by atoms with Crippen LogP contribution in [0.3, 0.4) is 0 Å². The molecule has 3 heteroatoms. The minimum atomic E-state index is -0.650. The van der Waals surface area contributed by atoms with Gasteiger partial charge in [-0.25, -0.2) is 0 Å². The Balaban J connectivity index is 0.00000400. The van der Waals surface area contributed by atoms with Gasteiger partial charge in [-0.2, -0.15) is 0 Å². The standard InChI is InChI=1S/C18H34O2.ClH/c19-18(20)16-10-8-6-4-2-1-3-5-7-9-13-17-14-11-12-15-17;/h17H,1-16H2,(H,19,20);1H. The second kappa shape index (κ2) is 14.7. The lowest BCUT2D eigenvalue weighted by atomic mass is 9.99. The number of carboxylic acid groups (broad SMARTS) is 1. The molecule has 1 N–H and O–H groups in total. The monoisotopic (exact) mass is 318 g/mol. The number of carbonyl (C=O) groups is 1. The van der Waals surface area contributed by atoms with Crippen molar-refractivity contribution in [2.75, 3.05) is 0 Å². The zero-order chi connectivity index (χ0) is 14.5. The van der Waals surface area contributed by atoms with Crippen molar-refractivity contribution in [2.45, 2.75) is 103 Å². The molecule has 0 saturated heterocycles. The Morgan fingerprint density at radius 3 is 1.67 bits per heavy atom. The molecule has 1 saturated carbocycles. The first kappa shape index (κ1) is 20.8. The Kier molecular flexibility index (Phi) is 14.5. The molecule has 0 aliphatic heterocycles. The third-order valence-electron chi connectivity index (χ3n) is 4.73. The highest BCUT2D eigenvalue weighted by Crippen LogP contribution is 2.29. The summed E-state index contributed by atoms with van der Waals surface area (Å²) in [7, 11) is 0. The Bertz CT molecular complexity index is 237. The average Bonchev–Trinajstić information content (AvgIpc) is 2.93. The molecule has 0 amide bonds. The summed E-state index contributed by atoms with van der Waals surface area (Å²) in [6, 6.07) is 0. The number of hydrogen-bond donors (Lipinski definition) is 1. The maximum atomic E-state index is 10.3. The fourth-order valence-corrected chi connectivity index (χ4v) is 3.42. The van der Waals surface area contributed by atoms with E-state index in [0.29, 0.717) is 6.42 Å². The molecule has 1 aliphatic carbocycles. The molecule has 2 nitrogen and oxygen atoms in total. The maximum absolute atomic E-state index is 10.3. The zero-order valence-electron chi connectivity index (χ0n) is 13.7. The van der Waals surface area contributed by atoms with Gasteiger partial charge in [0.2, 0.25) is 0 Å². The van der Waals surface area contributed by atoms with Crippen LogP contribution in [0.5, 0.6) is 0 Å². The second-order valence-electron chi connectivity index (χ2n) is 6.62. The largest absolute Gasteiger partial charge is 0.481 e. The quantitative estimate of drug-likeness (QED) is 0.401. The van der Waals surface area contributed by atoms with Crippen LogP contribution in [0.4, 0.5) is 0 Å². The van der Waals surface area contributed by atoms with Crippen LogP contribution in [0, 0.1) is 5.92 Å². The average molecular weight is 319 g/mol. The highest BCUT2D eigenvalue weighted by molar-refractivity contribution is 5.85. The van der Waals surface area contributed by atoms with E-state index in [1.807, 2.05) is 0 Å². The number of rotatable bonds is 13. The molecule has 0 aromatic heterocycles. The summed E-state index contributed by atoms with van der Waals surface area (Å²) in [5.41, 5.74) is 0. The van der Waals surface area contributed by atoms with Crippen LogP contribution >= 0.6 is 12.4 Å². The van der Waals surface area contributed by atoms with Crippen LogP contribution in [0.1, 0.15) is 103 Å². The van der Waals surface area contributed by atoms with Gasteiger partial charge in [0.05, 0.1) is 0 Å². The third-order valence-corrected chi connectivity index (χ3v) is 4.73. The molecule has 0 heterocycles. The van der Waals surface area contributed by atoms with Gasteiger partial charge in [0.25, 0.3) is 0 Å². The Morgan fingerprint density at radius 1 is 0.762 bits per heavy atom. The van der Waals surface area contributed by atoms with E-state index < -0.39 is 5.97 Å². The third kappa shape index (κ3) is 13.2. The van der Waals surface area contributed by atoms with Gasteiger partial charge in [0.15, 0.2) is 0 Å². The molecule has 126 valence electrons. The predicted octanol–water partition coefficient (Wildman–Crippen LogP) is 6.36. The van der Waals surface area contributed by atoms with Gasteiger partial charge in [0, 0.05) is 6.42 Å². The normalized spacial score (nSPS) is 15.0. The van der Waals surface area contributed by atoms with Gasteiger partial charge in [-0.1, -0.05) is 89.9 Å². The van der Waals surface area contributed by atoms with Crippen LogP contribution in [-0.4, -0.2) is 11.1 Å². The molecule has 0 aromatic carbocycles. The molecular formula is C18H35ClO2. The predicted molar refractivity (Wildman–Crippen MR) is 92.2 cm³/mol. The van der Waals surface area contributed by atoms with E-state index in [-0.39, 0.29) is 12.4 Å². The van der Waals surface area contributed by atoms with E-state index in [9.17, 15) is 4.79 Å². The molecule has 0 spiro atoms. The number of aliphatic carboxylic acids is 1. The molecule has 0 unspecified atom stereocenters. The zero-order valence-corrected chi connectivity index (χ0v) is 14.5. The van der Waals surface area contributed by atoms with Crippen LogP contribution in [-0.2, 0) is 4.79 Å². The second-order valence-corrected chi connectivity index (χ2v) is 6.62. The first-order valence-electron chi connectivity index (χ1n) is 9.01. The van der Waals surface area contributed by atoms with E-state index in [1.54, 1.807) is 0 Å². The molecule has 1 fully saturated rings. The summed E-state index contributed by atoms with van der Waals surface area (Å²) >= 11 is 0. The van der Waals surface area contributed by atoms with E-state index in [0.717, 1.165) is 18.8 Å². The van der Waals surface area contributed by atoms with Crippen LogP contribution in [0.25, 0.3) is 0 Å². The fraction of sp³-hybridized carbons (Fsp3) is 0.944. The van der Waals surface area contributed by atoms with Crippen molar-refractivity contribution in [3.05, 3.63) is 0 Å². The SMILES string of the molecule is Cl.O=C(O)CCCCCCCCCCCCC1CCCC1. The Morgan fingerprint density at radius 2 is 1.19 bits per heavy atom. The summed E-state index contributed by atoms with van der Waals surface area (Å²) in [6.45, 7) is 0. The van der Waals surface area contributed by atoms with Crippen molar-refractivity contribution >= 4 is 18.4 Å². The smallest absolute Gasteiger partial charge is 0.303 e.